The fourth-order valence-corrected chi connectivity index (χ4v) is 5.23. The summed E-state index contributed by atoms with van der Waals surface area (Å²) < 4.78 is 11.2. The third kappa shape index (κ3) is 8.42. The van der Waals surface area contributed by atoms with Gasteiger partial charge in [0.2, 0.25) is 11.8 Å². The van der Waals surface area contributed by atoms with Gasteiger partial charge in [0.25, 0.3) is 0 Å². The predicted octanol–water partition coefficient (Wildman–Crippen LogP) is 5.28. The number of carbonyl (C=O) groups excluding carboxylic acids is 2. The van der Waals surface area contributed by atoms with Crippen LogP contribution in [0.5, 0.6) is 17.2 Å². The van der Waals surface area contributed by atoms with Gasteiger partial charge in [-0.25, -0.2) is 0 Å². The number of unbranched alkanes of at least 4 members (excludes halogenated alkanes) is 1. The third-order valence-electron chi connectivity index (χ3n) is 7.54. The molecule has 2 N–H and O–H groups in total. The maximum Gasteiger partial charge on any atom is 0.246 e. The standard InChI is InChI=1S/C35H38N4O4/c1-42-29-17-13-26(14-18-29)23-32-35(41)39(25-27-15-19-31(20-16-27)43-30-10-3-2-4-11-30)33(34(40)38-32)12-6-7-21-36-24-28-9-5-8-22-37-28/h2-5,8-11,13-20,22,32-33,36H,6-7,12,21,23-25H2,1H3,(H,38,40). The number of hydrogen-bond donors (Lipinski definition) is 2. The van der Waals surface area contributed by atoms with Gasteiger partial charge >= 0.3 is 0 Å². The van der Waals surface area contributed by atoms with Gasteiger partial charge in [-0.1, -0.05) is 48.5 Å². The van der Waals surface area contributed by atoms with Crippen LogP contribution in [0.3, 0.4) is 0 Å². The molecule has 8 heteroatoms. The maximum atomic E-state index is 13.9. The molecule has 1 aromatic heterocycles. The van der Waals surface area contributed by atoms with Crippen LogP contribution < -0.4 is 20.1 Å². The number of amides is 2. The lowest BCUT2D eigenvalue weighted by molar-refractivity contribution is -0.150. The van der Waals surface area contributed by atoms with Crippen LogP contribution in [0.15, 0.2) is 103 Å². The number of nitrogens with zero attached hydrogens (tertiary/aromatic N) is 2. The van der Waals surface area contributed by atoms with E-state index in [-0.39, 0.29) is 11.8 Å². The zero-order chi connectivity index (χ0) is 29.9. The van der Waals surface area contributed by atoms with Crippen molar-refractivity contribution in [2.75, 3.05) is 13.7 Å². The fourth-order valence-electron chi connectivity index (χ4n) is 5.23. The molecule has 1 saturated heterocycles. The van der Waals surface area contributed by atoms with Crippen molar-refractivity contribution < 1.29 is 19.1 Å². The smallest absolute Gasteiger partial charge is 0.246 e. The number of benzene rings is 3. The summed E-state index contributed by atoms with van der Waals surface area (Å²) in [5.41, 5.74) is 2.89. The van der Waals surface area contributed by atoms with Gasteiger partial charge < -0.3 is 25.0 Å². The Morgan fingerprint density at radius 1 is 0.814 bits per heavy atom. The van der Waals surface area contributed by atoms with E-state index in [2.05, 4.69) is 15.6 Å². The van der Waals surface area contributed by atoms with Crippen molar-refractivity contribution in [2.24, 2.45) is 0 Å². The molecule has 0 bridgehead atoms. The van der Waals surface area contributed by atoms with E-state index < -0.39 is 12.1 Å². The molecule has 0 spiro atoms. The van der Waals surface area contributed by atoms with E-state index in [1.54, 1.807) is 18.2 Å². The largest absolute Gasteiger partial charge is 0.497 e. The molecule has 1 aliphatic rings. The normalized spacial score (nSPS) is 16.5. The summed E-state index contributed by atoms with van der Waals surface area (Å²) >= 11 is 0. The number of aromatic nitrogens is 1. The molecule has 2 atom stereocenters. The molecule has 222 valence electrons. The Morgan fingerprint density at radius 2 is 1.51 bits per heavy atom. The van der Waals surface area contributed by atoms with Gasteiger partial charge in [-0.2, -0.15) is 0 Å². The molecule has 3 aromatic carbocycles. The lowest BCUT2D eigenvalue weighted by atomic mass is 9.96. The second-order valence-electron chi connectivity index (χ2n) is 10.6. The number of pyridine rings is 1. The van der Waals surface area contributed by atoms with Gasteiger partial charge in [0.05, 0.1) is 12.8 Å². The Morgan fingerprint density at radius 3 is 2.23 bits per heavy atom. The number of nitrogens with one attached hydrogen (secondary N) is 2. The number of ether oxygens (including phenoxy) is 2. The van der Waals surface area contributed by atoms with Crippen LogP contribution in [0.1, 0.15) is 36.1 Å². The zero-order valence-electron chi connectivity index (χ0n) is 24.4. The predicted molar refractivity (Wildman–Crippen MR) is 166 cm³/mol. The van der Waals surface area contributed by atoms with E-state index in [1.807, 2.05) is 97.1 Å². The monoisotopic (exact) mass is 578 g/mol. The number of para-hydroxylation sites is 1. The Bertz CT molecular complexity index is 1450. The molecule has 2 amide bonds. The molecule has 1 fully saturated rings. The first-order valence-electron chi connectivity index (χ1n) is 14.8. The Hall–Kier alpha value is -4.69. The van der Waals surface area contributed by atoms with Crippen LogP contribution >= 0.6 is 0 Å². The summed E-state index contributed by atoms with van der Waals surface area (Å²) in [4.78, 5) is 33.4. The number of methoxy groups -OCH3 is 1. The van der Waals surface area contributed by atoms with Crippen molar-refractivity contribution >= 4 is 11.8 Å². The first-order valence-corrected chi connectivity index (χ1v) is 14.8. The summed E-state index contributed by atoms with van der Waals surface area (Å²) in [6.07, 6.45) is 4.49. The molecule has 0 saturated carbocycles. The average molecular weight is 579 g/mol. The first kappa shape index (κ1) is 29.8. The Labute approximate surface area is 253 Å². The lowest BCUT2D eigenvalue weighted by Crippen LogP contribution is -2.63. The second kappa shape index (κ2) is 15.0. The topological polar surface area (TPSA) is 92.8 Å². The zero-order valence-corrected chi connectivity index (χ0v) is 24.4. The quantitative estimate of drug-likeness (QED) is 0.198. The first-order chi connectivity index (χ1) is 21.1. The molecule has 4 aromatic rings. The molecule has 2 unspecified atom stereocenters. The molecule has 0 radical (unpaired) electrons. The highest BCUT2D eigenvalue weighted by molar-refractivity contribution is 5.97. The Balaban J connectivity index is 1.23. The number of hydrogen-bond acceptors (Lipinski definition) is 6. The Kier molecular flexibility index (Phi) is 10.4. The average Bonchev–Trinajstić information content (AvgIpc) is 3.04. The SMILES string of the molecule is COc1ccc(CC2NC(=O)C(CCCCNCc3ccccn3)N(Cc3ccc(Oc4ccccc4)cc3)C2=O)cc1. The van der Waals surface area contributed by atoms with Gasteiger partial charge in [-0.15, -0.1) is 0 Å². The second-order valence-corrected chi connectivity index (χ2v) is 10.6. The van der Waals surface area contributed by atoms with Crippen LogP contribution in [0.25, 0.3) is 0 Å². The van der Waals surface area contributed by atoms with E-state index in [0.717, 1.165) is 47.7 Å². The summed E-state index contributed by atoms with van der Waals surface area (Å²) in [5.74, 6) is 2.04. The minimum absolute atomic E-state index is 0.0710. The number of carbonyl (C=O) groups is 2. The highest BCUT2D eigenvalue weighted by Crippen LogP contribution is 2.25. The summed E-state index contributed by atoms with van der Waals surface area (Å²) in [6.45, 7) is 1.85. The highest BCUT2D eigenvalue weighted by Gasteiger charge is 2.40. The molecule has 43 heavy (non-hydrogen) atoms. The molecule has 0 aliphatic carbocycles. The van der Waals surface area contributed by atoms with Crippen molar-refractivity contribution in [3.63, 3.8) is 0 Å². The molecular formula is C35H38N4O4. The van der Waals surface area contributed by atoms with Crippen LogP contribution in [0.4, 0.5) is 0 Å². The minimum Gasteiger partial charge on any atom is -0.497 e. The van der Waals surface area contributed by atoms with E-state index >= 15 is 0 Å². The van der Waals surface area contributed by atoms with Gasteiger partial charge in [0.1, 0.15) is 29.3 Å². The van der Waals surface area contributed by atoms with Gasteiger partial charge in [-0.05, 0) is 85.5 Å². The van der Waals surface area contributed by atoms with E-state index in [1.165, 1.54) is 0 Å². The molecule has 8 nitrogen and oxygen atoms in total. The van der Waals surface area contributed by atoms with Crippen LogP contribution in [0, 0.1) is 0 Å². The highest BCUT2D eigenvalue weighted by atomic mass is 16.5. The number of piperazine rings is 1. The van der Waals surface area contributed by atoms with Crippen molar-refractivity contribution in [3.8, 4) is 17.2 Å². The summed E-state index contributed by atoms with van der Waals surface area (Å²) in [6, 6.07) is 29.6. The van der Waals surface area contributed by atoms with Gasteiger partial charge in [0, 0.05) is 25.7 Å². The molecule has 5 rings (SSSR count). The lowest BCUT2D eigenvalue weighted by Gasteiger charge is -2.39. The van der Waals surface area contributed by atoms with Crippen LogP contribution in [-0.4, -0.2) is 47.4 Å². The molecule has 1 aliphatic heterocycles. The summed E-state index contributed by atoms with van der Waals surface area (Å²) in [5, 5.41) is 6.42. The fraction of sp³-hybridized carbons (Fsp3) is 0.286. The van der Waals surface area contributed by atoms with Crippen LogP contribution in [0.2, 0.25) is 0 Å². The van der Waals surface area contributed by atoms with E-state index in [9.17, 15) is 9.59 Å². The van der Waals surface area contributed by atoms with Crippen molar-refractivity contribution in [1.82, 2.24) is 20.5 Å². The van der Waals surface area contributed by atoms with Crippen molar-refractivity contribution in [3.05, 3.63) is 120 Å². The summed E-state index contributed by atoms with van der Waals surface area (Å²) in [7, 11) is 1.62. The minimum atomic E-state index is -0.627. The van der Waals surface area contributed by atoms with E-state index in [0.29, 0.717) is 31.7 Å². The van der Waals surface area contributed by atoms with Crippen molar-refractivity contribution in [1.29, 1.82) is 0 Å². The molecular weight excluding hydrogens is 540 g/mol. The van der Waals surface area contributed by atoms with Gasteiger partial charge in [-0.3, -0.25) is 14.6 Å². The molecule has 2 heterocycles. The van der Waals surface area contributed by atoms with E-state index in [4.69, 9.17) is 9.47 Å². The number of rotatable bonds is 14. The maximum absolute atomic E-state index is 13.9. The van der Waals surface area contributed by atoms with Crippen molar-refractivity contribution in [2.45, 2.75) is 50.9 Å². The third-order valence-corrected chi connectivity index (χ3v) is 7.54. The van der Waals surface area contributed by atoms with Crippen LogP contribution in [-0.2, 0) is 29.1 Å². The van der Waals surface area contributed by atoms with Gasteiger partial charge in [0.15, 0.2) is 0 Å².